The zero-order valence-electron chi connectivity index (χ0n) is 8.22. The van der Waals surface area contributed by atoms with Crippen LogP contribution in [0.2, 0.25) is 5.02 Å². The quantitative estimate of drug-likeness (QED) is 0.789. The molecule has 1 N–H and O–H groups in total. The van der Waals surface area contributed by atoms with Crippen LogP contribution < -0.4 is 5.32 Å². The molecule has 14 heavy (non-hydrogen) atoms. The van der Waals surface area contributed by atoms with E-state index in [0.29, 0.717) is 6.04 Å². The topological polar surface area (TPSA) is 12.0 Å². The minimum Gasteiger partial charge on any atom is -0.313 e. The molecule has 1 heterocycles. The van der Waals surface area contributed by atoms with E-state index in [9.17, 15) is 0 Å². The van der Waals surface area contributed by atoms with Crippen molar-refractivity contribution in [1.29, 1.82) is 0 Å². The number of nitrogens with one attached hydrogen (secondary N) is 1. The minimum absolute atomic E-state index is 0.471. The second-order valence-electron chi connectivity index (χ2n) is 3.51. The van der Waals surface area contributed by atoms with Gasteiger partial charge in [-0.3, -0.25) is 0 Å². The van der Waals surface area contributed by atoms with Crippen LogP contribution in [0.3, 0.4) is 0 Å². The first-order chi connectivity index (χ1) is 6.81. The highest BCUT2D eigenvalue weighted by atomic mass is 35.5. The van der Waals surface area contributed by atoms with Crippen molar-refractivity contribution in [1.82, 2.24) is 5.32 Å². The van der Waals surface area contributed by atoms with Crippen LogP contribution in [0.1, 0.15) is 24.4 Å². The van der Waals surface area contributed by atoms with E-state index in [1.807, 2.05) is 24.9 Å². The first kappa shape index (κ1) is 10.3. The Morgan fingerprint density at radius 2 is 2.36 bits per heavy atom. The summed E-state index contributed by atoms with van der Waals surface area (Å²) in [5, 5.41) is 4.19. The number of hydrogen-bond donors (Lipinski definition) is 1. The molecule has 0 radical (unpaired) electrons. The van der Waals surface area contributed by atoms with Crippen molar-refractivity contribution in [2.24, 2.45) is 0 Å². The van der Waals surface area contributed by atoms with Gasteiger partial charge < -0.3 is 5.32 Å². The molecule has 0 bridgehead atoms. The van der Waals surface area contributed by atoms with Crippen molar-refractivity contribution in [3.63, 3.8) is 0 Å². The molecule has 1 aliphatic heterocycles. The number of fused-ring (bicyclic) bond motifs is 1. The molecule has 3 heteroatoms. The zero-order valence-corrected chi connectivity index (χ0v) is 9.79. The largest absolute Gasteiger partial charge is 0.313 e. The van der Waals surface area contributed by atoms with Crippen LogP contribution in [0.15, 0.2) is 23.1 Å². The fraction of sp³-hybridized carbons (Fsp3) is 0.455. The molecule has 1 nitrogen and oxygen atoms in total. The van der Waals surface area contributed by atoms with E-state index in [4.69, 9.17) is 11.6 Å². The summed E-state index contributed by atoms with van der Waals surface area (Å²) in [6.07, 6.45) is 2.47. The number of halogens is 1. The minimum atomic E-state index is 0.471. The predicted molar refractivity (Wildman–Crippen MR) is 63.2 cm³/mol. The lowest BCUT2D eigenvalue weighted by molar-refractivity contribution is 0.541. The summed E-state index contributed by atoms with van der Waals surface area (Å²) in [5.74, 6) is 1.22. The van der Waals surface area contributed by atoms with Crippen molar-refractivity contribution >= 4 is 23.4 Å². The van der Waals surface area contributed by atoms with Gasteiger partial charge in [-0.25, -0.2) is 0 Å². The van der Waals surface area contributed by atoms with Crippen LogP contribution >= 0.6 is 23.4 Å². The fourth-order valence-electron chi connectivity index (χ4n) is 1.85. The van der Waals surface area contributed by atoms with Crippen LogP contribution in [0.25, 0.3) is 0 Å². The average Bonchev–Trinajstić information content (AvgIpc) is 2.39. The fourth-order valence-corrected chi connectivity index (χ4v) is 3.09. The van der Waals surface area contributed by atoms with Gasteiger partial charge in [0.05, 0.1) is 0 Å². The van der Waals surface area contributed by atoms with Crippen molar-refractivity contribution in [3.8, 4) is 0 Å². The molecule has 1 aromatic rings. The third kappa shape index (κ3) is 2.08. The molecular formula is C11H14ClNS. The maximum atomic E-state index is 6.02. The summed E-state index contributed by atoms with van der Waals surface area (Å²) in [6.45, 7) is 0. The average molecular weight is 228 g/mol. The summed E-state index contributed by atoms with van der Waals surface area (Å²) in [7, 11) is 2.02. The predicted octanol–water partition coefficient (Wildman–Crippen LogP) is 3.49. The lowest BCUT2D eigenvalue weighted by Crippen LogP contribution is -2.16. The van der Waals surface area contributed by atoms with E-state index in [0.717, 1.165) is 5.02 Å². The van der Waals surface area contributed by atoms with E-state index < -0.39 is 0 Å². The van der Waals surface area contributed by atoms with Gasteiger partial charge in [0.2, 0.25) is 0 Å². The Kier molecular flexibility index (Phi) is 3.37. The number of thioether (sulfide) groups is 1. The van der Waals surface area contributed by atoms with E-state index in [2.05, 4.69) is 17.4 Å². The van der Waals surface area contributed by atoms with Gasteiger partial charge in [-0.1, -0.05) is 11.6 Å². The van der Waals surface area contributed by atoms with E-state index >= 15 is 0 Å². The summed E-state index contributed by atoms with van der Waals surface area (Å²) in [5.41, 5.74) is 1.36. The standard InChI is InChI=1S/C11H14ClNS/c1-13-10-3-2-6-14-11-5-4-8(12)7-9(10)11/h4-5,7,10,13H,2-3,6H2,1H3. The highest BCUT2D eigenvalue weighted by molar-refractivity contribution is 7.99. The molecule has 0 spiro atoms. The van der Waals surface area contributed by atoms with Gasteiger partial charge in [0, 0.05) is 16.0 Å². The van der Waals surface area contributed by atoms with E-state index in [-0.39, 0.29) is 0 Å². The maximum Gasteiger partial charge on any atom is 0.0410 e. The van der Waals surface area contributed by atoms with Gasteiger partial charge in [0.1, 0.15) is 0 Å². The molecule has 0 fully saturated rings. The molecule has 0 aromatic heterocycles. The highest BCUT2D eigenvalue weighted by Gasteiger charge is 2.17. The van der Waals surface area contributed by atoms with Crippen LogP contribution in [0.5, 0.6) is 0 Å². The van der Waals surface area contributed by atoms with Crippen LogP contribution in [-0.4, -0.2) is 12.8 Å². The Bertz CT molecular complexity index is 327. The molecule has 1 aromatic carbocycles. The number of benzene rings is 1. The summed E-state index contributed by atoms with van der Waals surface area (Å²) >= 11 is 7.95. The second kappa shape index (κ2) is 4.56. The lowest BCUT2D eigenvalue weighted by Gasteiger charge is -2.16. The van der Waals surface area contributed by atoms with Crippen LogP contribution in [0, 0.1) is 0 Å². The molecule has 0 saturated carbocycles. The second-order valence-corrected chi connectivity index (χ2v) is 5.09. The maximum absolute atomic E-state index is 6.02. The molecule has 2 rings (SSSR count). The number of hydrogen-bond acceptors (Lipinski definition) is 2. The molecule has 0 amide bonds. The summed E-state index contributed by atoms with van der Waals surface area (Å²) < 4.78 is 0. The van der Waals surface area contributed by atoms with Gasteiger partial charge in [0.15, 0.2) is 0 Å². The van der Waals surface area contributed by atoms with Gasteiger partial charge in [-0.05, 0) is 49.4 Å². The molecule has 1 aliphatic rings. The van der Waals surface area contributed by atoms with Gasteiger partial charge >= 0.3 is 0 Å². The van der Waals surface area contributed by atoms with Crippen molar-refractivity contribution in [2.75, 3.05) is 12.8 Å². The Morgan fingerprint density at radius 1 is 1.50 bits per heavy atom. The van der Waals surface area contributed by atoms with Crippen molar-refractivity contribution in [2.45, 2.75) is 23.8 Å². The lowest BCUT2D eigenvalue weighted by atomic mass is 10.0. The zero-order chi connectivity index (χ0) is 9.97. The molecule has 0 saturated heterocycles. The molecule has 0 aliphatic carbocycles. The Hall–Kier alpha value is -0.180. The Labute approximate surface area is 94.2 Å². The Morgan fingerprint density at radius 3 is 3.14 bits per heavy atom. The highest BCUT2D eigenvalue weighted by Crippen LogP contribution is 2.35. The van der Waals surface area contributed by atoms with E-state index in [1.165, 1.54) is 29.1 Å². The monoisotopic (exact) mass is 227 g/mol. The normalized spacial score (nSPS) is 21.4. The molecule has 76 valence electrons. The van der Waals surface area contributed by atoms with Gasteiger partial charge in [0.25, 0.3) is 0 Å². The third-order valence-electron chi connectivity index (χ3n) is 2.59. The Balaban J connectivity index is 2.40. The first-order valence-corrected chi connectivity index (χ1v) is 6.27. The van der Waals surface area contributed by atoms with Crippen molar-refractivity contribution < 1.29 is 0 Å². The SMILES string of the molecule is CNC1CCCSc2ccc(Cl)cc21. The van der Waals surface area contributed by atoms with Crippen LogP contribution in [-0.2, 0) is 0 Å². The van der Waals surface area contributed by atoms with Gasteiger partial charge in [-0.15, -0.1) is 11.8 Å². The van der Waals surface area contributed by atoms with Crippen LogP contribution in [0.4, 0.5) is 0 Å². The summed E-state index contributed by atoms with van der Waals surface area (Å²) in [4.78, 5) is 1.38. The molecular weight excluding hydrogens is 214 g/mol. The number of rotatable bonds is 1. The molecule has 1 unspecified atom stereocenters. The van der Waals surface area contributed by atoms with E-state index in [1.54, 1.807) is 0 Å². The summed E-state index contributed by atoms with van der Waals surface area (Å²) in [6, 6.07) is 6.68. The molecule has 1 atom stereocenters. The first-order valence-electron chi connectivity index (χ1n) is 4.91. The smallest absolute Gasteiger partial charge is 0.0410 e. The van der Waals surface area contributed by atoms with Crippen molar-refractivity contribution in [3.05, 3.63) is 28.8 Å². The third-order valence-corrected chi connectivity index (χ3v) is 4.00. The van der Waals surface area contributed by atoms with Gasteiger partial charge in [-0.2, -0.15) is 0 Å².